The molecule has 0 aromatic heterocycles. The van der Waals surface area contributed by atoms with E-state index in [1.807, 2.05) is 0 Å². The molecule has 0 bridgehead atoms. The van der Waals surface area contributed by atoms with Crippen LogP contribution in [-0.4, -0.2) is 67.0 Å². The van der Waals surface area contributed by atoms with E-state index < -0.39 is 0 Å². The third-order valence-electron chi connectivity index (χ3n) is 1.86. The second kappa shape index (κ2) is 11.9. The van der Waals surface area contributed by atoms with Crippen molar-refractivity contribution in [3.8, 4) is 0 Å². The van der Waals surface area contributed by atoms with Crippen molar-refractivity contribution < 1.29 is 18.9 Å². The van der Waals surface area contributed by atoms with E-state index in [-0.39, 0.29) is 6.04 Å². The molecule has 5 nitrogen and oxygen atoms in total. The molecule has 0 rings (SSSR count). The molecule has 0 aromatic carbocycles. The Bertz CT molecular complexity index is 124. The third kappa shape index (κ3) is 10.1. The molecule has 0 aliphatic heterocycles. The van der Waals surface area contributed by atoms with Gasteiger partial charge in [-0.25, -0.2) is 0 Å². The lowest BCUT2D eigenvalue weighted by Gasteiger charge is -2.17. The molecule has 0 heterocycles. The molecule has 1 atom stereocenters. The molecule has 0 saturated heterocycles. The highest BCUT2D eigenvalue weighted by Gasteiger charge is 2.07. The van der Waals surface area contributed by atoms with Crippen LogP contribution in [0.5, 0.6) is 0 Å². The Kier molecular flexibility index (Phi) is 11.7. The van der Waals surface area contributed by atoms with Crippen LogP contribution in [0.2, 0.25) is 0 Å². The molecule has 0 aliphatic carbocycles. The first-order valence-corrected chi connectivity index (χ1v) is 5.13. The van der Waals surface area contributed by atoms with Gasteiger partial charge in [0.25, 0.3) is 0 Å². The summed E-state index contributed by atoms with van der Waals surface area (Å²) in [7, 11) is 5.02. The van der Waals surface area contributed by atoms with Gasteiger partial charge in [0.05, 0.1) is 39.1 Å². The van der Waals surface area contributed by atoms with E-state index in [9.17, 15) is 0 Å². The maximum absolute atomic E-state index is 5.41. The van der Waals surface area contributed by atoms with Crippen molar-refractivity contribution in [1.29, 1.82) is 0 Å². The fourth-order valence-corrected chi connectivity index (χ4v) is 1.10. The first-order chi connectivity index (χ1) is 7.35. The summed E-state index contributed by atoms with van der Waals surface area (Å²) in [6, 6.07) is 0.210. The molecule has 1 unspecified atom stereocenters. The van der Waals surface area contributed by atoms with Crippen LogP contribution in [0.3, 0.4) is 0 Å². The maximum atomic E-state index is 5.41. The first kappa shape index (κ1) is 14.8. The van der Waals surface area contributed by atoms with Gasteiger partial charge in [-0.1, -0.05) is 0 Å². The van der Waals surface area contributed by atoms with Crippen molar-refractivity contribution in [3.63, 3.8) is 0 Å². The third-order valence-corrected chi connectivity index (χ3v) is 1.86. The Morgan fingerprint density at radius 1 is 0.867 bits per heavy atom. The van der Waals surface area contributed by atoms with E-state index in [4.69, 9.17) is 18.9 Å². The van der Waals surface area contributed by atoms with E-state index in [0.29, 0.717) is 33.0 Å². The largest absolute Gasteiger partial charge is 0.383 e. The summed E-state index contributed by atoms with van der Waals surface area (Å²) >= 11 is 0. The highest BCUT2D eigenvalue weighted by Crippen LogP contribution is 1.88. The van der Waals surface area contributed by atoms with Crippen LogP contribution in [0.15, 0.2) is 0 Å². The fraction of sp³-hybridized carbons (Fsp3) is 1.00. The molecular formula is C10H23NO4. The summed E-state index contributed by atoms with van der Waals surface area (Å²) in [6.07, 6.45) is 0. The molecule has 0 aliphatic rings. The summed E-state index contributed by atoms with van der Waals surface area (Å²) in [6.45, 7) is 3.99. The van der Waals surface area contributed by atoms with Crippen LogP contribution < -0.4 is 5.32 Å². The van der Waals surface area contributed by atoms with Crippen molar-refractivity contribution >= 4 is 0 Å². The van der Waals surface area contributed by atoms with Crippen molar-refractivity contribution in [1.82, 2.24) is 5.32 Å². The van der Waals surface area contributed by atoms with Gasteiger partial charge in [-0.05, 0) is 0 Å². The van der Waals surface area contributed by atoms with Gasteiger partial charge in [0.1, 0.15) is 0 Å². The number of hydrogen-bond acceptors (Lipinski definition) is 5. The van der Waals surface area contributed by atoms with Crippen LogP contribution in [0, 0.1) is 0 Å². The van der Waals surface area contributed by atoms with Crippen molar-refractivity contribution in [2.75, 3.05) is 60.9 Å². The first-order valence-electron chi connectivity index (χ1n) is 5.13. The topological polar surface area (TPSA) is 49.0 Å². The number of nitrogens with one attached hydrogen (secondary N) is 1. The Hall–Kier alpha value is -0.200. The average Bonchev–Trinajstić information content (AvgIpc) is 2.24. The Morgan fingerprint density at radius 3 is 2.20 bits per heavy atom. The average molecular weight is 221 g/mol. The number of hydrogen-bond donors (Lipinski definition) is 1. The van der Waals surface area contributed by atoms with Gasteiger partial charge in [-0.2, -0.15) is 0 Å². The molecule has 5 heteroatoms. The van der Waals surface area contributed by atoms with Crippen molar-refractivity contribution in [3.05, 3.63) is 0 Å². The number of rotatable bonds is 11. The monoisotopic (exact) mass is 221 g/mol. The Labute approximate surface area is 92.0 Å². The molecule has 0 saturated carbocycles. The zero-order valence-corrected chi connectivity index (χ0v) is 9.95. The van der Waals surface area contributed by atoms with Gasteiger partial charge in [-0.3, -0.25) is 0 Å². The highest BCUT2D eigenvalue weighted by atomic mass is 16.5. The van der Waals surface area contributed by atoms with Crippen molar-refractivity contribution in [2.45, 2.75) is 6.04 Å². The zero-order valence-electron chi connectivity index (χ0n) is 9.95. The van der Waals surface area contributed by atoms with Gasteiger partial charge in [-0.15, -0.1) is 0 Å². The van der Waals surface area contributed by atoms with Crippen LogP contribution in [-0.2, 0) is 18.9 Å². The zero-order chi connectivity index (χ0) is 11.4. The highest BCUT2D eigenvalue weighted by molar-refractivity contribution is 4.64. The minimum Gasteiger partial charge on any atom is -0.383 e. The SMILES string of the molecule is COCCNC(COC)COCCOC. The van der Waals surface area contributed by atoms with Crippen LogP contribution >= 0.6 is 0 Å². The molecule has 15 heavy (non-hydrogen) atoms. The van der Waals surface area contributed by atoms with Crippen molar-refractivity contribution in [2.24, 2.45) is 0 Å². The summed E-state index contributed by atoms with van der Waals surface area (Å²) in [5.74, 6) is 0. The summed E-state index contributed by atoms with van der Waals surface area (Å²) in [5, 5.41) is 3.28. The second-order valence-corrected chi connectivity index (χ2v) is 3.17. The van der Waals surface area contributed by atoms with E-state index in [1.54, 1.807) is 21.3 Å². The van der Waals surface area contributed by atoms with E-state index in [2.05, 4.69) is 5.32 Å². The predicted molar refractivity (Wildman–Crippen MR) is 58.2 cm³/mol. The van der Waals surface area contributed by atoms with Crippen LogP contribution in [0.25, 0.3) is 0 Å². The minimum absolute atomic E-state index is 0.210. The molecule has 0 spiro atoms. The summed E-state index contributed by atoms with van der Waals surface area (Å²) < 4.78 is 20.3. The van der Waals surface area contributed by atoms with E-state index in [1.165, 1.54) is 0 Å². The lowest BCUT2D eigenvalue weighted by atomic mass is 10.3. The molecule has 0 aromatic rings. The maximum Gasteiger partial charge on any atom is 0.0701 e. The fourth-order valence-electron chi connectivity index (χ4n) is 1.10. The summed E-state index contributed by atoms with van der Waals surface area (Å²) in [5.41, 5.74) is 0. The number of methoxy groups -OCH3 is 3. The lowest BCUT2D eigenvalue weighted by molar-refractivity contribution is 0.0402. The van der Waals surface area contributed by atoms with Gasteiger partial charge in [0.15, 0.2) is 0 Å². The standard InChI is InChI=1S/C10H23NO4/c1-12-5-4-11-10(8-14-3)9-15-7-6-13-2/h10-11H,4-9H2,1-3H3. The van der Waals surface area contributed by atoms with Crippen LogP contribution in [0.4, 0.5) is 0 Å². The normalized spacial score (nSPS) is 13.0. The molecule has 92 valence electrons. The second-order valence-electron chi connectivity index (χ2n) is 3.17. The van der Waals surface area contributed by atoms with Gasteiger partial charge < -0.3 is 24.3 Å². The number of ether oxygens (including phenoxy) is 4. The lowest BCUT2D eigenvalue weighted by Crippen LogP contribution is -2.39. The van der Waals surface area contributed by atoms with Gasteiger partial charge >= 0.3 is 0 Å². The van der Waals surface area contributed by atoms with E-state index in [0.717, 1.165) is 6.54 Å². The quantitative estimate of drug-likeness (QED) is 0.494. The molecule has 0 amide bonds. The molecule has 0 radical (unpaired) electrons. The molecular weight excluding hydrogens is 198 g/mol. The molecule has 0 fully saturated rings. The predicted octanol–water partition coefficient (Wildman–Crippen LogP) is -0.0996. The van der Waals surface area contributed by atoms with Gasteiger partial charge in [0.2, 0.25) is 0 Å². The van der Waals surface area contributed by atoms with Gasteiger partial charge in [0, 0.05) is 27.9 Å². The summed E-state index contributed by atoms with van der Waals surface area (Å²) in [4.78, 5) is 0. The van der Waals surface area contributed by atoms with E-state index >= 15 is 0 Å². The minimum atomic E-state index is 0.210. The Morgan fingerprint density at radius 2 is 1.60 bits per heavy atom. The molecule has 1 N–H and O–H groups in total. The van der Waals surface area contributed by atoms with Crippen LogP contribution in [0.1, 0.15) is 0 Å². The smallest absolute Gasteiger partial charge is 0.0701 e. The Balaban J connectivity index is 3.44.